The molecule has 1 heterocycles. The second-order valence-electron chi connectivity index (χ2n) is 3.01. The van der Waals surface area contributed by atoms with E-state index in [-0.39, 0.29) is 0 Å². The van der Waals surface area contributed by atoms with Gasteiger partial charge in [0.05, 0.1) is 0 Å². The molecule has 0 bridgehead atoms. The number of nitrogens with zero attached hydrogens (tertiary/aromatic N) is 2. The molecular formula is C11H8N2O. The van der Waals surface area contributed by atoms with Crippen LogP contribution in [0.5, 0.6) is 0 Å². The first-order valence-corrected chi connectivity index (χ1v) is 4.22. The van der Waals surface area contributed by atoms with Crippen LogP contribution in [0.25, 0.3) is 11.3 Å². The Morgan fingerprint density at radius 2 is 2.00 bits per heavy atom. The molecule has 0 atom stereocenters. The molecule has 0 aliphatic heterocycles. The molecule has 1 aromatic carbocycles. The maximum absolute atomic E-state index is 8.75. The third-order valence-corrected chi connectivity index (χ3v) is 1.99. The lowest BCUT2D eigenvalue weighted by molar-refractivity contribution is 0.571. The number of hydrogen-bond acceptors (Lipinski definition) is 3. The summed E-state index contributed by atoms with van der Waals surface area (Å²) in [5.74, 6) is 0.535. The van der Waals surface area contributed by atoms with Crippen molar-refractivity contribution in [2.24, 2.45) is 0 Å². The van der Waals surface area contributed by atoms with E-state index in [1.165, 1.54) is 12.0 Å². The Balaban J connectivity index is 2.50. The van der Waals surface area contributed by atoms with Gasteiger partial charge in [0, 0.05) is 5.56 Å². The van der Waals surface area contributed by atoms with Crippen molar-refractivity contribution < 1.29 is 4.42 Å². The fourth-order valence-corrected chi connectivity index (χ4v) is 1.24. The van der Waals surface area contributed by atoms with Crippen molar-refractivity contribution >= 4 is 0 Å². The van der Waals surface area contributed by atoms with E-state index in [0.29, 0.717) is 11.5 Å². The van der Waals surface area contributed by atoms with Gasteiger partial charge in [0.1, 0.15) is 6.07 Å². The molecule has 2 aromatic rings. The van der Waals surface area contributed by atoms with E-state index < -0.39 is 0 Å². The first-order valence-electron chi connectivity index (χ1n) is 4.22. The van der Waals surface area contributed by atoms with Crippen molar-refractivity contribution in [2.75, 3.05) is 0 Å². The smallest absolute Gasteiger partial charge is 0.187 e. The number of rotatable bonds is 1. The molecule has 0 saturated heterocycles. The zero-order valence-corrected chi connectivity index (χ0v) is 7.69. The summed E-state index contributed by atoms with van der Waals surface area (Å²) in [5, 5.41) is 8.75. The second-order valence-corrected chi connectivity index (χ2v) is 3.01. The molecule has 3 nitrogen and oxygen atoms in total. The number of benzene rings is 1. The predicted octanol–water partition coefficient (Wildman–Crippen LogP) is 2.52. The zero-order chi connectivity index (χ0) is 9.97. The molecule has 3 heteroatoms. The maximum Gasteiger partial charge on any atom is 0.187 e. The van der Waals surface area contributed by atoms with Crippen LogP contribution < -0.4 is 0 Å². The summed E-state index contributed by atoms with van der Waals surface area (Å²) >= 11 is 0. The van der Waals surface area contributed by atoms with Crippen LogP contribution in [0.15, 0.2) is 35.1 Å². The van der Waals surface area contributed by atoms with Crippen molar-refractivity contribution in [1.29, 1.82) is 5.26 Å². The highest BCUT2D eigenvalue weighted by Crippen LogP contribution is 2.22. The topological polar surface area (TPSA) is 49.8 Å². The van der Waals surface area contributed by atoms with Gasteiger partial charge >= 0.3 is 0 Å². The van der Waals surface area contributed by atoms with Crippen molar-refractivity contribution in [2.45, 2.75) is 6.92 Å². The highest BCUT2D eigenvalue weighted by Gasteiger charge is 2.08. The van der Waals surface area contributed by atoms with Gasteiger partial charge in [-0.05, 0) is 6.92 Å². The van der Waals surface area contributed by atoms with Crippen LogP contribution in [0.1, 0.15) is 11.3 Å². The SMILES string of the molecule is Cc1ccc(-c2ocnc2C#N)cc1. The van der Waals surface area contributed by atoms with Gasteiger partial charge < -0.3 is 4.42 Å². The molecule has 68 valence electrons. The van der Waals surface area contributed by atoms with Crippen LogP contribution in [-0.4, -0.2) is 4.98 Å². The molecule has 0 spiro atoms. The van der Waals surface area contributed by atoms with Gasteiger partial charge in [0.15, 0.2) is 17.8 Å². The van der Waals surface area contributed by atoms with Crippen molar-refractivity contribution in [3.05, 3.63) is 41.9 Å². The molecule has 0 saturated carbocycles. The van der Waals surface area contributed by atoms with Gasteiger partial charge in [0.2, 0.25) is 0 Å². The lowest BCUT2D eigenvalue weighted by Gasteiger charge is -1.96. The monoisotopic (exact) mass is 184 g/mol. The van der Waals surface area contributed by atoms with Crippen molar-refractivity contribution in [3.63, 3.8) is 0 Å². The van der Waals surface area contributed by atoms with Crippen molar-refractivity contribution in [1.82, 2.24) is 4.98 Å². The summed E-state index contributed by atoms with van der Waals surface area (Å²) in [4.78, 5) is 3.81. The minimum Gasteiger partial charge on any atom is -0.442 e. The lowest BCUT2D eigenvalue weighted by atomic mass is 10.1. The van der Waals surface area contributed by atoms with Crippen LogP contribution in [0.3, 0.4) is 0 Å². The predicted molar refractivity (Wildman–Crippen MR) is 51.4 cm³/mol. The number of oxazole rings is 1. The Labute approximate surface area is 81.6 Å². The number of aryl methyl sites for hydroxylation is 1. The highest BCUT2D eigenvalue weighted by molar-refractivity contribution is 5.62. The number of aromatic nitrogens is 1. The van der Waals surface area contributed by atoms with Crippen LogP contribution >= 0.6 is 0 Å². The minimum absolute atomic E-state index is 0.328. The van der Waals surface area contributed by atoms with E-state index in [4.69, 9.17) is 9.68 Å². The van der Waals surface area contributed by atoms with E-state index in [9.17, 15) is 0 Å². The van der Waals surface area contributed by atoms with Crippen LogP contribution in [-0.2, 0) is 0 Å². The second kappa shape index (κ2) is 3.35. The van der Waals surface area contributed by atoms with Gasteiger partial charge in [-0.25, -0.2) is 4.98 Å². The Morgan fingerprint density at radius 1 is 1.29 bits per heavy atom. The van der Waals surface area contributed by atoms with Gasteiger partial charge in [-0.2, -0.15) is 5.26 Å². The first-order chi connectivity index (χ1) is 6.81. The molecule has 0 fully saturated rings. The van der Waals surface area contributed by atoms with Gasteiger partial charge in [0.25, 0.3) is 0 Å². The summed E-state index contributed by atoms with van der Waals surface area (Å²) in [5.41, 5.74) is 2.38. The molecule has 2 rings (SSSR count). The van der Waals surface area contributed by atoms with E-state index in [1.807, 2.05) is 37.3 Å². The van der Waals surface area contributed by atoms with Gasteiger partial charge in [-0.1, -0.05) is 29.8 Å². The maximum atomic E-state index is 8.75. The van der Waals surface area contributed by atoms with E-state index >= 15 is 0 Å². The third-order valence-electron chi connectivity index (χ3n) is 1.99. The van der Waals surface area contributed by atoms with E-state index in [2.05, 4.69) is 4.98 Å². The molecule has 0 radical (unpaired) electrons. The third kappa shape index (κ3) is 1.38. The largest absolute Gasteiger partial charge is 0.442 e. The quantitative estimate of drug-likeness (QED) is 0.684. The Bertz CT molecular complexity index is 477. The first kappa shape index (κ1) is 8.52. The average molecular weight is 184 g/mol. The minimum atomic E-state index is 0.328. The summed E-state index contributed by atoms with van der Waals surface area (Å²) in [7, 11) is 0. The fraction of sp³-hybridized carbons (Fsp3) is 0.0909. The standard InChI is InChI=1S/C11H8N2O/c1-8-2-4-9(5-3-8)11-10(6-12)13-7-14-11/h2-5,7H,1H3. The molecule has 0 aliphatic carbocycles. The molecule has 0 aliphatic rings. The summed E-state index contributed by atoms with van der Waals surface area (Å²) in [6.45, 7) is 2.01. The fourth-order valence-electron chi connectivity index (χ4n) is 1.24. The van der Waals surface area contributed by atoms with Crippen LogP contribution in [0.2, 0.25) is 0 Å². The molecule has 0 amide bonds. The van der Waals surface area contributed by atoms with Crippen LogP contribution in [0, 0.1) is 18.3 Å². The van der Waals surface area contributed by atoms with E-state index in [1.54, 1.807) is 0 Å². The lowest BCUT2D eigenvalue weighted by Crippen LogP contribution is -1.80. The highest BCUT2D eigenvalue weighted by atomic mass is 16.3. The van der Waals surface area contributed by atoms with Crippen LogP contribution in [0.4, 0.5) is 0 Å². The van der Waals surface area contributed by atoms with Gasteiger partial charge in [-0.15, -0.1) is 0 Å². The Hall–Kier alpha value is -2.08. The average Bonchev–Trinajstić information content (AvgIpc) is 2.67. The Morgan fingerprint density at radius 3 is 2.64 bits per heavy atom. The zero-order valence-electron chi connectivity index (χ0n) is 7.69. The number of nitriles is 1. The molecule has 0 N–H and O–H groups in total. The normalized spacial score (nSPS) is 9.71. The molecule has 0 unspecified atom stereocenters. The summed E-state index contributed by atoms with van der Waals surface area (Å²) in [6.07, 6.45) is 1.29. The summed E-state index contributed by atoms with van der Waals surface area (Å²) < 4.78 is 5.15. The molecule has 1 aromatic heterocycles. The Kier molecular flexibility index (Phi) is 2.04. The molecule has 14 heavy (non-hydrogen) atoms. The van der Waals surface area contributed by atoms with E-state index in [0.717, 1.165) is 5.56 Å². The van der Waals surface area contributed by atoms with Crippen molar-refractivity contribution in [3.8, 4) is 17.4 Å². The van der Waals surface area contributed by atoms with Gasteiger partial charge in [-0.3, -0.25) is 0 Å². The summed E-state index contributed by atoms with van der Waals surface area (Å²) in [6, 6.07) is 9.75. The number of hydrogen-bond donors (Lipinski definition) is 0. The molecular weight excluding hydrogens is 176 g/mol.